The SMILES string of the molecule is CC[C@@H](C(=O)O)[C@H](NS(=O)(=O)c1ccc([N+](=O)[O-])cc1)C(=O)O. The van der Waals surface area contributed by atoms with E-state index in [-0.39, 0.29) is 12.1 Å². The highest BCUT2D eigenvalue weighted by molar-refractivity contribution is 7.89. The number of nitro benzene ring substituents is 1. The summed E-state index contributed by atoms with van der Waals surface area (Å²) in [5.41, 5.74) is -0.337. The molecular weight excluding hydrogens is 332 g/mol. The van der Waals surface area contributed by atoms with Gasteiger partial charge < -0.3 is 10.2 Å². The van der Waals surface area contributed by atoms with Crippen LogP contribution < -0.4 is 4.72 Å². The molecule has 0 spiro atoms. The number of carbonyl (C=O) groups is 2. The highest BCUT2D eigenvalue weighted by Crippen LogP contribution is 2.18. The smallest absolute Gasteiger partial charge is 0.322 e. The summed E-state index contributed by atoms with van der Waals surface area (Å²) in [6.07, 6.45) is -0.102. The topological polar surface area (TPSA) is 164 Å². The number of nitro groups is 1. The number of non-ortho nitro benzene ring substituents is 1. The summed E-state index contributed by atoms with van der Waals surface area (Å²) in [6, 6.07) is 1.89. The lowest BCUT2D eigenvalue weighted by Crippen LogP contribution is -2.48. The molecule has 0 aliphatic rings. The second-order valence-electron chi connectivity index (χ2n) is 4.54. The minimum Gasteiger partial charge on any atom is -0.481 e. The third kappa shape index (κ3) is 4.47. The van der Waals surface area contributed by atoms with Crippen molar-refractivity contribution in [1.82, 2.24) is 4.72 Å². The van der Waals surface area contributed by atoms with E-state index in [1.54, 1.807) is 0 Å². The molecule has 0 radical (unpaired) electrons. The molecule has 0 saturated heterocycles. The van der Waals surface area contributed by atoms with Crippen LogP contribution in [0.2, 0.25) is 0 Å². The van der Waals surface area contributed by atoms with Crippen LogP contribution in [0.5, 0.6) is 0 Å². The fourth-order valence-electron chi connectivity index (χ4n) is 1.84. The molecule has 0 aliphatic heterocycles. The number of hydrogen-bond acceptors (Lipinski definition) is 6. The van der Waals surface area contributed by atoms with Gasteiger partial charge in [-0.25, -0.2) is 8.42 Å². The van der Waals surface area contributed by atoms with Gasteiger partial charge in [0.2, 0.25) is 10.0 Å². The van der Waals surface area contributed by atoms with Crippen LogP contribution in [0.3, 0.4) is 0 Å². The molecule has 0 saturated carbocycles. The standard InChI is InChI=1S/C12H14N2O8S/c1-2-9(11(15)16)10(12(17)18)13-23(21,22)8-5-3-7(4-6-8)14(19)20/h3-6,9-10,13H,2H2,1H3,(H,15,16)(H,17,18)/t9-,10+/m1/s1. The Morgan fingerprint density at radius 2 is 1.74 bits per heavy atom. The molecular formula is C12H14N2O8S. The Morgan fingerprint density at radius 3 is 2.09 bits per heavy atom. The molecule has 3 N–H and O–H groups in total. The van der Waals surface area contributed by atoms with E-state index in [9.17, 15) is 28.1 Å². The van der Waals surface area contributed by atoms with Gasteiger partial charge >= 0.3 is 11.9 Å². The number of carboxylic acid groups (broad SMARTS) is 2. The third-order valence-corrected chi connectivity index (χ3v) is 4.52. The van der Waals surface area contributed by atoms with Crippen LogP contribution in [0.4, 0.5) is 5.69 Å². The molecule has 0 fully saturated rings. The average molecular weight is 346 g/mol. The molecule has 2 atom stereocenters. The molecule has 0 aromatic heterocycles. The van der Waals surface area contributed by atoms with E-state index in [2.05, 4.69) is 0 Å². The highest BCUT2D eigenvalue weighted by Gasteiger charge is 2.36. The van der Waals surface area contributed by atoms with Crippen molar-refractivity contribution in [3.8, 4) is 0 Å². The van der Waals surface area contributed by atoms with Crippen LogP contribution in [0, 0.1) is 16.0 Å². The molecule has 23 heavy (non-hydrogen) atoms. The predicted molar refractivity (Wildman–Crippen MR) is 76.3 cm³/mol. The third-order valence-electron chi connectivity index (χ3n) is 3.07. The van der Waals surface area contributed by atoms with Gasteiger partial charge in [-0.3, -0.25) is 19.7 Å². The molecule has 126 valence electrons. The van der Waals surface area contributed by atoms with E-state index >= 15 is 0 Å². The molecule has 1 aromatic rings. The summed E-state index contributed by atoms with van der Waals surface area (Å²) < 4.78 is 26.1. The van der Waals surface area contributed by atoms with Gasteiger partial charge in [0.25, 0.3) is 5.69 Å². The Kier molecular flexibility index (Phi) is 5.76. The van der Waals surface area contributed by atoms with Crippen LogP contribution in [0.1, 0.15) is 13.3 Å². The van der Waals surface area contributed by atoms with Gasteiger partial charge in [0.05, 0.1) is 15.7 Å². The summed E-state index contributed by atoms with van der Waals surface area (Å²) in [4.78, 5) is 31.6. The number of benzene rings is 1. The fourth-order valence-corrected chi connectivity index (χ4v) is 3.07. The van der Waals surface area contributed by atoms with Crippen LogP contribution in [-0.2, 0) is 19.6 Å². The van der Waals surface area contributed by atoms with Gasteiger partial charge in [-0.05, 0) is 18.6 Å². The van der Waals surface area contributed by atoms with Gasteiger partial charge in [0, 0.05) is 12.1 Å². The van der Waals surface area contributed by atoms with Gasteiger partial charge in [0.1, 0.15) is 6.04 Å². The maximum Gasteiger partial charge on any atom is 0.322 e. The van der Waals surface area contributed by atoms with E-state index in [1.807, 2.05) is 4.72 Å². The quantitative estimate of drug-likeness (QED) is 0.450. The Hall–Kier alpha value is -2.53. The minimum atomic E-state index is -4.35. The van der Waals surface area contributed by atoms with Crippen molar-refractivity contribution in [3.63, 3.8) is 0 Å². The van der Waals surface area contributed by atoms with E-state index < -0.39 is 43.7 Å². The van der Waals surface area contributed by atoms with Crippen molar-refractivity contribution in [2.75, 3.05) is 0 Å². The van der Waals surface area contributed by atoms with Crippen LogP contribution in [0.15, 0.2) is 29.2 Å². The Balaban J connectivity index is 3.13. The van der Waals surface area contributed by atoms with Crippen molar-refractivity contribution in [3.05, 3.63) is 34.4 Å². The number of rotatable bonds is 8. The fraction of sp³-hybridized carbons (Fsp3) is 0.333. The maximum atomic E-state index is 12.1. The van der Waals surface area contributed by atoms with Crippen molar-refractivity contribution in [2.45, 2.75) is 24.3 Å². The Morgan fingerprint density at radius 1 is 1.22 bits per heavy atom. The summed E-state index contributed by atoms with van der Waals surface area (Å²) in [6.45, 7) is 1.41. The molecule has 1 rings (SSSR count). The molecule has 11 heteroatoms. The maximum absolute atomic E-state index is 12.1. The zero-order valence-electron chi connectivity index (χ0n) is 11.9. The number of nitrogens with zero attached hydrogens (tertiary/aromatic N) is 1. The van der Waals surface area contributed by atoms with Crippen molar-refractivity contribution in [2.24, 2.45) is 5.92 Å². The molecule has 0 amide bonds. The molecule has 0 aliphatic carbocycles. The number of carboxylic acids is 2. The second-order valence-corrected chi connectivity index (χ2v) is 6.26. The van der Waals surface area contributed by atoms with Crippen molar-refractivity contribution >= 4 is 27.6 Å². The van der Waals surface area contributed by atoms with E-state index in [0.717, 1.165) is 24.3 Å². The first-order valence-electron chi connectivity index (χ1n) is 6.32. The summed E-state index contributed by atoms with van der Waals surface area (Å²) in [7, 11) is -4.35. The number of aliphatic carboxylic acids is 2. The zero-order valence-corrected chi connectivity index (χ0v) is 12.7. The van der Waals surface area contributed by atoms with Gasteiger partial charge in [-0.2, -0.15) is 4.72 Å². The zero-order chi connectivity index (χ0) is 17.8. The largest absolute Gasteiger partial charge is 0.481 e. The lowest BCUT2D eigenvalue weighted by Gasteiger charge is -2.20. The number of hydrogen-bond donors (Lipinski definition) is 3. The molecule has 10 nitrogen and oxygen atoms in total. The average Bonchev–Trinajstić information content (AvgIpc) is 2.46. The monoisotopic (exact) mass is 346 g/mol. The summed E-state index contributed by atoms with van der Waals surface area (Å²) in [5, 5.41) is 28.6. The van der Waals surface area contributed by atoms with E-state index in [4.69, 9.17) is 10.2 Å². The first-order chi connectivity index (χ1) is 10.6. The minimum absolute atomic E-state index is 0.102. The van der Waals surface area contributed by atoms with Crippen LogP contribution in [0.25, 0.3) is 0 Å². The van der Waals surface area contributed by atoms with Crippen molar-refractivity contribution < 1.29 is 33.1 Å². The predicted octanol–water partition coefficient (Wildman–Crippen LogP) is 0.437. The lowest BCUT2D eigenvalue weighted by molar-refractivity contribution is -0.384. The van der Waals surface area contributed by atoms with Gasteiger partial charge in [0.15, 0.2) is 0 Å². The Labute approximate surface area is 130 Å². The lowest BCUT2D eigenvalue weighted by atomic mass is 9.98. The molecule has 0 unspecified atom stereocenters. The number of nitrogens with one attached hydrogen (secondary N) is 1. The first-order valence-corrected chi connectivity index (χ1v) is 7.81. The van der Waals surface area contributed by atoms with E-state index in [0.29, 0.717) is 0 Å². The van der Waals surface area contributed by atoms with E-state index in [1.165, 1.54) is 6.92 Å². The van der Waals surface area contributed by atoms with Crippen molar-refractivity contribution in [1.29, 1.82) is 0 Å². The summed E-state index contributed by atoms with van der Waals surface area (Å²) in [5.74, 6) is -4.55. The van der Waals surface area contributed by atoms with Crippen LogP contribution >= 0.6 is 0 Å². The normalized spacial score (nSPS) is 14.0. The number of sulfonamides is 1. The second kappa shape index (κ2) is 7.15. The first kappa shape index (κ1) is 18.5. The van der Waals surface area contributed by atoms with Gasteiger partial charge in [-0.1, -0.05) is 6.92 Å². The van der Waals surface area contributed by atoms with Crippen LogP contribution in [-0.4, -0.2) is 41.5 Å². The molecule has 0 bridgehead atoms. The molecule has 0 heterocycles. The summed E-state index contributed by atoms with van der Waals surface area (Å²) >= 11 is 0. The Bertz CT molecular complexity index is 713. The van der Waals surface area contributed by atoms with Gasteiger partial charge in [-0.15, -0.1) is 0 Å². The highest BCUT2D eigenvalue weighted by atomic mass is 32.2. The molecule has 1 aromatic carbocycles.